The van der Waals surface area contributed by atoms with E-state index in [0.29, 0.717) is 0 Å². The highest BCUT2D eigenvalue weighted by atomic mass is 28.4. The molecule has 0 aliphatic carbocycles. The second-order valence-corrected chi connectivity index (χ2v) is 7.29. The monoisotopic (exact) mass is 202 g/mol. The molecular weight excluding hydrogens is 180 g/mol. The second-order valence-electron chi connectivity index (χ2n) is 3.71. The number of rotatable bonds is 7. The van der Waals surface area contributed by atoms with Crippen LogP contribution in [0.3, 0.4) is 0 Å². The van der Waals surface area contributed by atoms with E-state index in [4.69, 9.17) is 8.85 Å². The van der Waals surface area contributed by atoms with Gasteiger partial charge in [0.25, 0.3) is 0 Å². The van der Waals surface area contributed by atoms with E-state index >= 15 is 0 Å². The van der Waals surface area contributed by atoms with Crippen molar-refractivity contribution in [2.45, 2.75) is 38.8 Å². The van der Waals surface area contributed by atoms with E-state index < -0.39 is 8.56 Å². The molecule has 0 N–H and O–H groups in total. The molecule has 0 saturated heterocycles. The normalized spacial score (nSPS) is 11.7. The Morgan fingerprint density at radius 2 is 1.77 bits per heavy atom. The van der Waals surface area contributed by atoms with Gasteiger partial charge in [0.2, 0.25) is 0 Å². The van der Waals surface area contributed by atoms with Crippen molar-refractivity contribution in [1.82, 2.24) is 0 Å². The fraction of sp³-hybridized carbons (Fsp3) is 0.800. The van der Waals surface area contributed by atoms with Gasteiger partial charge in [-0.05, 0) is 32.4 Å². The van der Waals surface area contributed by atoms with Gasteiger partial charge >= 0.3 is 8.56 Å². The Kier molecular flexibility index (Phi) is 6.29. The van der Waals surface area contributed by atoms with Crippen LogP contribution in [0.25, 0.3) is 0 Å². The molecule has 0 radical (unpaired) electrons. The van der Waals surface area contributed by atoms with Crippen LogP contribution in [0.5, 0.6) is 0 Å². The van der Waals surface area contributed by atoms with Crippen molar-refractivity contribution in [1.29, 1.82) is 0 Å². The third-order valence-electron chi connectivity index (χ3n) is 2.35. The molecule has 0 amide bonds. The van der Waals surface area contributed by atoms with Crippen LogP contribution >= 0.6 is 0 Å². The maximum atomic E-state index is 5.39. The van der Waals surface area contributed by atoms with Crippen molar-refractivity contribution in [2.24, 2.45) is 0 Å². The predicted octanol–water partition coefficient (Wildman–Crippen LogP) is 3.10. The summed E-state index contributed by atoms with van der Waals surface area (Å²) in [5, 5.41) is 0. The zero-order chi connectivity index (χ0) is 10.3. The Morgan fingerprint density at radius 1 is 1.23 bits per heavy atom. The quantitative estimate of drug-likeness (QED) is 0.359. The molecule has 0 unspecified atom stereocenters. The minimum atomic E-state index is -1.80. The molecule has 0 spiro atoms. The van der Waals surface area contributed by atoms with E-state index in [1.807, 2.05) is 0 Å². The Bertz CT molecular complexity index is 153. The molecule has 0 heterocycles. The lowest BCUT2D eigenvalue weighted by molar-refractivity contribution is 0.248. The molecule has 13 heavy (non-hydrogen) atoms. The number of hydrogen-bond donors (Lipinski definition) is 0. The third kappa shape index (κ3) is 6.02. The van der Waals surface area contributed by atoms with Crippen molar-refractivity contribution in [3.8, 4) is 0 Å². The molecule has 78 valence electrons. The van der Waals surface area contributed by atoms with Crippen molar-refractivity contribution in [2.75, 3.05) is 14.2 Å². The smallest absolute Gasteiger partial charge is 0.334 e. The largest absolute Gasteiger partial charge is 0.398 e. The van der Waals surface area contributed by atoms with Gasteiger partial charge < -0.3 is 8.85 Å². The molecule has 0 aliphatic heterocycles. The fourth-order valence-corrected chi connectivity index (χ4v) is 2.63. The van der Waals surface area contributed by atoms with Gasteiger partial charge in [0.05, 0.1) is 0 Å². The molecule has 0 bridgehead atoms. The molecule has 0 aromatic heterocycles. The van der Waals surface area contributed by atoms with Gasteiger partial charge in [-0.3, -0.25) is 0 Å². The van der Waals surface area contributed by atoms with E-state index in [-0.39, 0.29) is 0 Å². The summed E-state index contributed by atoms with van der Waals surface area (Å²) < 4.78 is 10.8. The van der Waals surface area contributed by atoms with Crippen molar-refractivity contribution in [3.05, 3.63) is 12.2 Å². The van der Waals surface area contributed by atoms with Crippen LogP contribution in [0, 0.1) is 0 Å². The number of allylic oxidation sites excluding steroid dienone is 1. The van der Waals surface area contributed by atoms with Crippen LogP contribution in [-0.2, 0) is 8.85 Å². The van der Waals surface area contributed by atoms with E-state index in [0.717, 1.165) is 12.5 Å². The minimum Gasteiger partial charge on any atom is -0.398 e. The summed E-state index contributed by atoms with van der Waals surface area (Å²) in [7, 11) is 1.69. The highest BCUT2D eigenvalue weighted by Crippen LogP contribution is 2.17. The standard InChI is InChI=1S/C10H22O2Si/c1-10(2)8-6-7-9-13(5,11-3)12-4/h1,6-9H2,2-5H3. The maximum Gasteiger partial charge on any atom is 0.334 e. The summed E-state index contributed by atoms with van der Waals surface area (Å²) in [6, 6.07) is 1.08. The molecule has 0 rings (SSSR count). The van der Waals surface area contributed by atoms with Crippen LogP contribution < -0.4 is 0 Å². The molecule has 2 nitrogen and oxygen atoms in total. The maximum absolute atomic E-state index is 5.39. The lowest BCUT2D eigenvalue weighted by atomic mass is 10.2. The summed E-state index contributed by atoms with van der Waals surface area (Å²) in [5.41, 5.74) is 1.26. The summed E-state index contributed by atoms with van der Waals surface area (Å²) in [6.45, 7) is 8.06. The highest BCUT2D eigenvalue weighted by Gasteiger charge is 2.27. The minimum absolute atomic E-state index is 1.08. The zero-order valence-corrected chi connectivity index (χ0v) is 10.4. The number of hydrogen-bond acceptors (Lipinski definition) is 2. The van der Waals surface area contributed by atoms with E-state index in [1.54, 1.807) is 14.2 Å². The summed E-state index contributed by atoms with van der Waals surface area (Å²) in [4.78, 5) is 0. The first kappa shape index (κ1) is 12.9. The third-order valence-corrected chi connectivity index (χ3v) is 5.34. The first-order chi connectivity index (χ1) is 6.04. The first-order valence-electron chi connectivity index (χ1n) is 4.79. The lowest BCUT2D eigenvalue weighted by Gasteiger charge is -2.22. The first-order valence-corrected chi connectivity index (χ1v) is 7.31. The number of unbranched alkanes of at least 4 members (excludes halogenated alkanes) is 1. The molecule has 3 heteroatoms. The van der Waals surface area contributed by atoms with Crippen LogP contribution in [0.2, 0.25) is 12.6 Å². The van der Waals surface area contributed by atoms with Crippen LogP contribution in [0.15, 0.2) is 12.2 Å². The summed E-state index contributed by atoms with van der Waals surface area (Å²) >= 11 is 0. The van der Waals surface area contributed by atoms with Gasteiger partial charge in [-0.15, -0.1) is 6.58 Å². The van der Waals surface area contributed by atoms with Gasteiger partial charge in [0, 0.05) is 14.2 Å². The van der Waals surface area contributed by atoms with Crippen molar-refractivity contribution in [3.63, 3.8) is 0 Å². The van der Waals surface area contributed by atoms with Gasteiger partial charge in [0.1, 0.15) is 0 Å². The van der Waals surface area contributed by atoms with E-state index in [1.165, 1.54) is 18.4 Å². The predicted molar refractivity (Wildman–Crippen MR) is 59.1 cm³/mol. The average Bonchev–Trinajstić information content (AvgIpc) is 2.12. The SMILES string of the molecule is C=C(C)CCCC[Si](C)(OC)OC. The summed E-state index contributed by atoms with van der Waals surface area (Å²) in [5.74, 6) is 0. The molecule has 0 saturated carbocycles. The van der Waals surface area contributed by atoms with Crippen LogP contribution in [0.1, 0.15) is 26.2 Å². The Hall–Kier alpha value is -0.123. The molecule has 0 aliphatic rings. The molecule has 0 aromatic carbocycles. The van der Waals surface area contributed by atoms with Crippen LogP contribution in [0.4, 0.5) is 0 Å². The summed E-state index contributed by atoms with van der Waals surface area (Å²) in [6.07, 6.45) is 3.50. The van der Waals surface area contributed by atoms with Gasteiger partial charge in [-0.1, -0.05) is 12.0 Å². The molecular formula is C10H22O2Si. The Morgan fingerprint density at radius 3 is 2.15 bits per heavy atom. The lowest BCUT2D eigenvalue weighted by Crippen LogP contribution is -2.35. The molecule has 0 fully saturated rings. The van der Waals surface area contributed by atoms with Crippen molar-refractivity contribution < 1.29 is 8.85 Å². The zero-order valence-electron chi connectivity index (χ0n) is 9.35. The topological polar surface area (TPSA) is 18.5 Å². The Balaban J connectivity index is 3.55. The molecule has 0 aromatic rings. The average molecular weight is 202 g/mol. The second kappa shape index (κ2) is 6.35. The Labute approximate surface area is 83.2 Å². The van der Waals surface area contributed by atoms with Gasteiger partial charge in [-0.2, -0.15) is 0 Å². The van der Waals surface area contributed by atoms with E-state index in [2.05, 4.69) is 20.0 Å². The molecule has 0 atom stereocenters. The van der Waals surface area contributed by atoms with Gasteiger partial charge in [0.15, 0.2) is 0 Å². The van der Waals surface area contributed by atoms with Gasteiger partial charge in [-0.25, -0.2) is 0 Å². The van der Waals surface area contributed by atoms with Crippen LogP contribution in [-0.4, -0.2) is 22.8 Å². The fourth-order valence-electron chi connectivity index (χ4n) is 1.16. The highest BCUT2D eigenvalue weighted by molar-refractivity contribution is 6.65. The van der Waals surface area contributed by atoms with Crippen molar-refractivity contribution >= 4 is 8.56 Å². The van der Waals surface area contributed by atoms with E-state index in [9.17, 15) is 0 Å².